The van der Waals surface area contributed by atoms with Gasteiger partial charge in [0.15, 0.2) is 0 Å². The molecule has 1 aromatic rings. The maximum absolute atomic E-state index is 4.05. The fourth-order valence-corrected chi connectivity index (χ4v) is 0.952. The van der Waals surface area contributed by atoms with E-state index in [2.05, 4.69) is 29.3 Å². The van der Waals surface area contributed by atoms with Crippen LogP contribution in [-0.2, 0) is 0 Å². The highest BCUT2D eigenvalue weighted by molar-refractivity contribution is 5.10. The van der Waals surface area contributed by atoms with Gasteiger partial charge in [0, 0.05) is 5.92 Å². The molecule has 0 radical (unpaired) electrons. The van der Waals surface area contributed by atoms with Crippen LogP contribution in [0.5, 0.6) is 0 Å². The SMILES string of the molecule is CCC(C)c1n[nH]nc1C. The van der Waals surface area contributed by atoms with Crippen molar-refractivity contribution >= 4 is 0 Å². The summed E-state index contributed by atoms with van der Waals surface area (Å²) in [4.78, 5) is 0. The van der Waals surface area contributed by atoms with Crippen molar-refractivity contribution in [3.05, 3.63) is 11.4 Å². The first-order chi connectivity index (χ1) is 4.75. The van der Waals surface area contributed by atoms with Gasteiger partial charge in [-0.2, -0.15) is 15.4 Å². The molecule has 3 heteroatoms. The lowest BCUT2D eigenvalue weighted by atomic mass is 10.0. The number of aryl methyl sites for hydroxylation is 1. The van der Waals surface area contributed by atoms with Crippen molar-refractivity contribution in [2.24, 2.45) is 0 Å². The second-order valence-electron chi connectivity index (χ2n) is 2.60. The molecule has 0 spiro atoms. The van der Waals surface area contributed by atoms with E-state index >= 15 is 0 Å². The molecule has 0 amide bonds. The van der Waals surface area contributed by atoms with Crippen molar-refractivity contribution in [3.63, 3.8) is 0 Å². The van der Waals surface area contributed by atoms with Gasteiger partial charge in [0.1, 0.15) is 0 Å². The second kappa shape index (κ2) is 2.82. The van der Waals surface area contributed by atoms with Gasteiger partial charge >= 0.3 is 0 Å². The van der Waals surface area contributed by atoms with E-state index < -0.39 is 0 Å². The van der Waals surface area contributed by atoms with E-state index in [1.165, 1.54) is 0 Å². The molecule has 0 saturated heterocycles. The van der Waals surface area contributed by atoms with Crippen LogP contribution in [0.15, 0.2) is 0 Å². The Labute approximate surface area is 60.8 Å². The van der Waals surface area contributed by atoms with Crippen LogP contribution in [0, 0.1) is 6.92 Å². The molecular formula is C7H13N3. The first-order valence-corrected chi connectivity index (χ1v) is 3.63. The summed E-state index contributed by atoms with van der Waals surface area (Å²) in [5.41, 5.74) is 2.12. The molecule has 0 fully saturated rings. The molecule has 56 valence electrons. The maximum atomic E-state index is 4.05. The van der Waals surface area contributed by atoms with Crippen LogP contribution in [0.4, 0.5) is 0 Å². The summed E-state index contributed by atoms with van der Waals surface area (Å²) in [6.45, 7) is 6.29. The van der Waals surface area contributed by atoms with Crippen LogP contribution in [0.2, 0.25) is 0 Å². The number of rotatable bonds is 2. The highest BCUT2D eigenvalue weighted by Crippen LogP contribution is 2.16. The summed E-state index contributed by atoms with van der Waals surface area (Å²) < 4.78 is 0. The molecule has 0 aliphatic carbocycles. The van der Waals surface area contributed by atoms with Crippen molar-refractivity contribution in [1.29, 1.82) is 0 Å². The normalized spacial score (nSPS) is 13.5. The number of nitrogens with zero attached hydrogens (tertiary/aromatic N) is 2. The third kappa shape index (κ3) is 1.17. The monoisotopic (exact) mass is 139 g/mol. The third-order valence-electron chi connectivity index (χ3n) is 1.84. The maximum Gasteiger partial charge on any atom is 0.0881 e. The van der Waals surface area contributed by atoms with E-state index in [4.69, 9.17) is 0 Å². The summed E-state index contributed by atoms with van der Waals surface area (Å²) in [6, 6.07) is 0. The zero-order valence-corrected chi connectivity index (χ0v) is 6.68. The van der Waals surface area contributed by atoms with E-state index in [0.717, 1.165) is 17.8 Å². The average molecular weight is 139 g/mol. The number of H-pyrrole nitrogens is 1. The Hall–Kier alpha value is -0.860. The molecule has 1 heterocycles. The van der Waals surface area contributed by atoms with Crippen LogP contribution in [-0.4, -0.2) is 15.4 Å². The highest BCUT2D eigenvalue weighted by atomic mass is 15.3. The van der Waals surface area contributed by atoms with Crippen LogP contribution in [0.3, 0.4) is 0 Å². The van der Waals surface area contributed by atoms with Crippen LogP contribution in [0.25, 0.3) is 0 Å². The summed E-state index contributed by atoms with van der Waals surface area (Å²) in [5, 5.41) is 10.6. The summed E-state index contributed by atoms with van der Waals surface area (Å²) in [5.74, 6) is 0.527. The van der Waals surface area contributed by atoms with Gasteiger partial charge in [-0.15, -0.1) is 0 Å². The summed E-state index contributed by atoms with van der Waals surface area (Å²) >= 11 is 0. The Morgan fingerprint density at radius 3 is 2.60 bits per heavy atom. The number of aromatic nitrogens is 3. The van der Waals surface area contributed by atoms with Gasteiger partial charge in [-0.25, -0.2) is 0 Å². The van der Waals surface area contributed by atoms with Crippen molar-refractivity contribution in [1.82, 2.24) is 15.4 Å². The standard InChI is InChI=1S/C7H13N3/c1-4-5(2)7-6(3)8-10-9-7/h5H,4H2,1-3H3,(H,8,9,10). The van der Waals surface area contributed by atoms with Gasteiger partial charge in [-0.3, -0.25) is 0 Å². The zero-order valence-electron chi connectivity index (χ0n) is 6.68. The number of nitrogens with one attached hydrogen (secondary N) is 1. The molecule has 3 nitrogen and oxygen atoms in total. The van der Waals surface area contributed by atoms with Gasteiger partial charge in [-0.1, -0.05) is 13.8 Å². The zero-order chi connectivity index (χ0) is 7.56. The van der Waals surface area contributed by atoms with Gasteiger partial charge in [0.25, 0.3) is 0 Å². The molecule has 10 heavy (non-hydrogen) atoms. The van der Waals surface area contributed by atoms with E-state index in [9.17, 15) is 0 Å². The Bertz CT molecular complexity index is 204. The highest BCUT2D eigenvalue weighted by Gasteiger charge is 2.08. The number of hydrogen-bond donors (Lipinski definition) is 1. The molecule has 1 unspecified atom stereocenters. The van der Waals surface area contributed by atoms with E-state index in [0.29, 0.717) is 5.92 Å². The molecule has 0 aliphatic heterocycles. The quantitative estimate of drug-likeness (QED) is 0.676. The van der Waals surface area contributed by atoms with Gasteiger partial charge in [0.05, 0.1) is 11.4 Å². The van der Waals surface area contributed by atoms with E-state index in [1.807, 2.05) is 6.92 Å². The van der Waals surface area contributed by atoms with Crippen molar-refractivity contribution < 1.29 is 0 Å². The van der Waals surface area contributed by atoms with Crippen molar-refractivity contribution in [3.8, 4) is 0 Å². The largest absolute Gasteiger partial charge is 0.197 e. The molecule has 1 rings (SSSR count). The smallest absolute Gasteiger partial charge is 0.0881 e. The summed E-state index contributed by atoms with van der Waals surface area (Å²) in [6.07, 6.45) is 1.12. The molecule has 1 aromatic heterocycles. The van der Waals surface area contributed by atoms with Gasteiger partial charge in [0.2, 0.25) is 0 Å². The minimum atomic E-state index is 0.527. The predicted octanol–water partition coefficient (Wildman–Crippen LogP) is 1.63. The molecule has 0 aliphatic rings. The van der Waals surface area contributed by atoms with Crippen LogP contribution in [0.1, 0.15) is 37.6 Å². The second-order valence-corrected chi connectivity index (χ2v) is 2.60. The van der Waals surface area contributed by atoms with E-state index in [1.54, 1.807) is 0 Å². The van der Waals surface area contributed by atoms with Crippen molar-refractivity contribution in [2.45, 2.75) is 33.1 Å². The Morgan fingerprint density at radius 2 is 2.20 bits per heavy atom. The predicted molar refractivity (Wildman–Crippen MR) is 39.8 cm³/mol. The molecule has 0 aromatic carbocycles. The molecule has 0 saturated carbocycles. The topological polar surface area (TPSA) is 41.6 Å². The van der Waals surface area contributed by atoms with Crippen LogP contribution >= 0.6 is 0 Å². The summed E-state index contributed by atoms with van der Waals surface area (Å²) in [7, 11) is 0. The fourth-order valence-electron chi connectivity index (χ4n) is 0.952. The first-order valence-electron chi connectivity index (χ1n) is 3.63. The molecule has 1 atom stereocenters. The Balaban J connectivity index is 2.82. The van der Waals surface area contributed by atoms with Crippen molar-refractivity contribution in [2.75, 3.05) is 0 Å². The number of hydrogen-bond acceptors (Lipinski definition) is 2. The third-order valence-corrected chi connectivity index (χ3v) is 1.84. The minimum absolute atomic E-state index is 0.527. The first kappa shape index (κ1) is 7.25. The lowest BCUT2D eigenvalue weighted by molar-refractivity contribution is 0.699. The fraction of sp³-hybridized carbons (Fsp3) is 0.714. The lowest BCUT2D eigenvalue weighted by Crippen LogP contribution is -1.93. The molecule has 0 bridgehead atoms. The average Bonchev–Trinajstić information content (AvgIpc) is 2.34. The number of aromatic amines is 1. The Kier molecular flexibility index (Phi) is 2.04. The molecule has 1 N–H and O–H groups in total. The Morgan fingerprint density at radius 1 is 1.50 bits per heavy atom. The van der Waals surface area contributed by atoms with Crippen LogP contribution < -0.4 is 0 Å². The minimum Gasteiger partial charge on any atom is -0.197 e. The lowest BCUT2D eigenvalue weighted by Gasteiger charge is -2.02. The van der Waals surface area contributed by atoms with E-state index in [-0.39, 0.29) is 0 Å². The van der Waals surface area contributed by atoms with Gasteiger partial charge < -0.3 is 0 Å². The molecular weight excluding hydrogens is 126 g/mol. The van der Waals surface area contributed by atoms with Gasteiger partial charge in [-0.05, 0) is 13.3 Å².